The van der Waals surface area contributed by atoms with E-state index in [9.17, 15) is 19.8 Å². The van der Waals surface area contributed by atoms with Crippen LogP contribution in [-0.2, 0) is 19.1 Å². The van der Waals surface area contributed by atoms with E-state index in [1.807, 2.05) is 6.92 Å². The first kappa shape index (κ1) is 22.1. The molecule has 1 spiro atoms. The van der Waals surface area contributed by atoms with Crippen LogP contribution in [0.3, 0.4) is 0 Å². The molecule has 0 aromatic carbocycles. The van der Waals surface area contributed by atoms with E-state index in [1.165, 1.54) is 13.8 Å². The highest BCUT2D eigenvalue weighted by Crippen LogP contribution is 2.74. The van der Waals surface area contributed by atoms with Crippen molar-refractivity contribution in [3.8, 4) is 0 Å². The van der Waals surface area contributed by atoms with Gasteiger partial charge in [0.15, 0.2) is 0 Å². The van der Waals surface area contributed by atoms with Crippen LogP contribution < -0.4 is 0 Å². The van der Waals surface area contributed by atoms with Crippen molar-refractivity contribution in [3.63, 3.8) is 0 Å². The highest BCUT2D eigenvalue weighted by atomic mass is 16.5. The number of fused-ring (bicyclic) bond motifs is 3. The number of ether oxygens (including phenoxy) is 2. The number of carbonyl (C=O) groups is 2. The molecule has 4 aliphatic carbocycles. The van der Waals surface area contributed by atoms with Gasteiger partial charge in [0.1, 0.15) is 12.2 Å². The molecule has 9 atom stereocenters. The fourth-order valence-corrected chi connectivity index (χ4v) is 8.63. The van der Waals surface area contributed by atoms with Gasteiger partial charge in [0.2, 0.25) is 0 Å². The zero-order valence-corrected chi connectivity index (χ0v) is 19.2. The van der Waals surface area contributed by atoms with Crippen LogP contribution in [-0.4, -0.2) is 46.6 Å². The molecule has 2 bridgehead atoms. The van der Waals surface area contributed by atoms with Crippen molar-refractivity contribution < 1.29 is 29.3 Å². The second-order valence-corrected chi connectivity index (χ2v) is 11.8. The molecule has 4 fully saturated rings. The zero-order valence-electron chi connectivity index (χ0n) is 19.2. The molecule has 4 saturated carbocycles. The summed E-state index contributed by atoms with van der Waals surface area (Å²) >= 11 is 0. The van der Waals surface area contributed by atoms with Crippen LogP contribution in [0.15, 0.2) is 0 Å². The summed E-state index contributed by atoms with van der Waals surface area (Å²) in [6, 6.07) is 0. The van der Waals surface area contributed by atoms with Crippen molar-refractivity contribution in [2.24, 2.45) is 33.5 Å². The van der Waals surface area contributed by atoms with E-state index < -0.39 is 29.1 Å². The lowest BCUT2D eigenvalue weighted by molar-refractivity contribution is -0.237. The van der Waals surface area contributed by atoms with E-state index in [-0.39, 0.29) is 34.8 Å². The number of rotatable bonds is 2. The zero-order chi connectivity index (χ0) is 22.3. The largest absolute Gasteiger partial charge is 0.462 e. The van der Waals surface area contributed by atoms with Gasteiger partial charge in [-0.05, 0) is 55.8 Å². The molecule has 30 heavy (non-hydrogen) atoms. The topological polar surface area (TPSA) is 93.1 Å². The Morgan fingerprint density at radius 1 is 0.833 bits per heavy atom. The summed E-state index contributed by atoms with van der Waals surface area (Å²) in [5.74, 6) is -0.313. The summed E-state index contributed by atoms with van der Waals surface area (Å²) in [4.78, 5) is 23.9. The summed E-state index contributed by atoms with van der Waals surface area (Å²) in [7, 11) is 0. The summed E-state index contributed by atoms with van der Waals surface area (Å²) < 4.78 is 11.7. The lowest BCUT2D eigenvalue weighted by Gasteiger charge is -2.66. The molecule has 4 rings (SSSR count). The van der Waals surface area contributed by atoms with E-state index in [4.69, 9.17) is 9.47 Å². The Kier molecular flexibility index (Phi) is 4.91. The molecular weight excluding hydrogens is 384 g/mol. The van der Waals surface area contributed by atoms with Crippen LogP contribution in [0, 0.1) is 33.5 Å². The summed E-state index contributed by atoms with van der Waals surface area (Å²) in [5, 5.41) is 22.5. The quantitative estimate of drug-likeness (QED) is 0.664. The maximum Gasteiger partial charge on any atom is 0.302 e. The van der Waals surface area contributed by atoms with Gasteiger partial charge in [0.25, 0.3) is 0 Å². The lowest BCUT2D eigenvalue weighted by Crippen LogP contribution is -2.65. The molecule has 0 radical (unpaired) electrons. The molecule has 0 amide bonds. The third-order valence-corrected chi connectivity index (χ3v) is 9.86. The molecule has 6 heteroatoms. The highest BCUT2D eigenvalue weighted by Gasteiger charge is 2.75. The van der Waals surface area contributed by atoms with E-state index in [2.05, 4.69) is 20.8 Å². The molecule has 0 saturated heterocycles. The van der Waals surface area contributed by atoms with Gasteiger partial charge in [-0.15, -0.1) is 0 Å². The van der Waals surface area contributed by atoms with E-state index >= 15 is 0 Å². The van der Waals surface area contributed by atoms with Crippen molar-refractivity contribution in [2.75, 3.05) is 0 Å². The van der Waals surface area contributed by atoms with Crippen LogP contribution in [0.2, 0.25) is 0 Å². The van der Waals surface area contributed by atoms with Crippen LogP contribution in [0.1, 0.15) is 80.1 Å². The van der Waals surface area contributed by atoms with E-state index in [0.29, 0.717) is 18.8 Å². The average Bonchev–Trinajstić information content (AvgIpc) is 2.78. The first-order valence-electron chi connectivity index (χ1n) is 11.5. The molecular formula is C24H38O6. The number of hydrogen-bond acceptors (Lipinski definition) is 6. The molecule has 170 valence electrons. The lowest BCUT2D eigenvalue weighted by atomic mass is 9.39. The minimum atomic E-state index is -0.934. The molecule has 6 nitrogen and oxygen atoms in total. The SMILES string of the molecule is CC(=O)O[C@H]1C[C@@H]2[C@]3(CC[C@@H]4C(C)(C)CC[C@H](OC(C)=O)[C@]42C)C[C@@]1(C)[C@H](O)[C@H]3O. The normalized spacial score (nSPS) is 51.5. The predicted octanol–water partition coefficient (Wildman–Crippen LogP) is 3.22. The maximum absolute atomic E-state index is 12.0. The van der Waals surface area contributed by atoms with Gasteiger partial charge in [0, 0.05) is 30.1 Å². The van der Waals surface area contributed by atoms with Gasteiger partial charge in [-0.2, -0.15) is 0 Å². The van der Waals surface area contributed by atoms with Crippen molar-refractivity contribution in [1.29, 1.82) is 0 Å². The first-order valence-corrected chi connectivity index (χ1v) is 11.5. The number of aliphatic hydroxyl groups excluding tert-OH is 2. The van der Waals surface area contributed by atoms with Crippen molar-refractivity contribution in [1.82, 2.24) is 0 Å². The van der Waals surface area contributed by atoms with E-state index in [1.54, 1.807) is 0 Å². The van der Waals surface area contributed by atoms with Crippen molar-refractivity contribution >= 4 is 11.9 Å². The minimum Gasteiger partial charge on any atom is -0.462 e. The fraction of sp³-hybridized carbons (Fsp3) is 0.917. The Labute approximate surface area is 179 Å². The van der Waals surface area contributed by atoms with Crippen LogP contribution in [0.5, 0.6) is 0 Å². The summed E-state index contributed by atoms with van der Waals surface area (Å²) in [6.45, 7) is 11.6. The Balaban J connectivity index is 1.84. The maximum atomic E-state index is 12.0. The number of esters is 2. The van der Waals surface area contributed by atoms with Crippen LogP contribution in [0.4, 0.5) is 0 Å². The van der Waals surface area contributed by atoms with Gasteiger partial charge in [-0.1, -0.05) is 27.7 Å². The third kappa shape index (κ3) is 2.75. The Morgan fingerprint density at radius 2 is 1.43 bits per heavy atom. The first-order chi connectivity index (χ1) is 13.8. The number of aliphatic hydroxyl groups is 2. The molecule has 4 aliphatic rings. The summed E-state index contributed by atoms with van der Waals surface area (Å²) in [6.07, 6.45) is 2.28. The molecule has 0 aliphatic heterocycles. The number of hydrogen-bond donors (Lipinski definition) is 2. The van der Waals surface area contributed by atoms with Gasteiger partial charge in [0.05, 0.1) is 12.2 Å². The average molecular weight is 423 g/mol. The monoisotopic (exact) mass is 422 g/mol. The smallest absolute Gasteiger partial charge is 0.302 e. The second-order valence-electron chi connectivity index (χ2n) is 11.8. The van der Waals surface area contributed by atoms with Crippen molar-refractivity contribution in [3.05, 3.63) is 0 Å². The Bertz CT molecular complexity index is 748. The molecule has 2 N–H and O–H groups in total. The Hall–Kier alpha value is -1.14. The highest BCUT2D eigenvalue weighted by molar-refractivity contribution is 5.66. The second kappa shape index (κ2) is 6.68. The Morgan fingerprint density at radius 3 is 2.03 bits per heavy atom. The fourth-order valence-electron chi connectivity index (χ4n) is 8.63. The van der Waals surface area contributed by atoms with Gasteiger partial charge in [-0.3, -0.25) is 9.59 Å². The molecule has 0 unspecified atom stereocenters. The standard InChI is InChI=1S/C24H38O6/c1-13(25)29-17-8-9-21(3,4)15-7-10-24-12-22(5,19(27)20(24)28)18(30-14(2)26)11-16(24)23(15,17)6/h15-20,27-28H,7-12H2,1-6H3/t15-,16+,17+,18+,19-,20-,22-,23-,24+/m1/s1. The molecule has 0 aromatic rings. The molecule has 0 aromatic heterocycles. The minimum absolute atomic E-state index is 0.00255. The van der Waals surface area contributed by atoms with Crippen LogP contribution in [0.25, 0.3) is 0 Å². The van der Waals surface area contributed by atoms with E-state index in [0.717, 1.165) is 25.7 Å². The van der Waals surface area contributed by atoms with Gasteiger partial charge < -0.3 is 19.7 Å². The summed E-state index contributed by atoms with van der Waals surface area (Å²) in [5.41, 5.74) is -1.36. The van der Waals surface area contributed by atoms with Gasteiger partial charge in [-0.25, -0.2) is 0 Å². The third-order valence-electron chi connectivity index (χ3n) is 9.86. The van der Waals surface area contributed by atoms with Crippen molar-refractivity contribution in [2.45, 2.75) is 104 Å². The van der Waals surface area contributed by atoms with Crippen LogP contribution >= 0.6 is 0 Å². The predicted molar refractivity (Wildman–Crippen MR) is 110 cm³/mol. The molecule has 0 heterocycles. The van der Waals surface area contributed by atoms with Gasteiger partial charge >= 0.3 is 11.9 Å². The number of carbonyl (C=O) groups excluding carboxylic acids is 2.